The van der Waals surface area contributed by atoms with E-state index in [4.69, 9.17) is 11.6 Å². The molecule has 0 aliphatic heterocycles. The summed E-state index contributed by atoms with van der Waals surface area (Å²) in [7, 11) is 0. The smallest absolute Gasteiger partial charge is 0.123 e. The standard InChI is InChI=1S/C10H10ClIO/c1-7(6-13)5-8-3-2-4-9(11)10(8)12/h2-4,6-7H,5H2,1H3. The number of aldehydes is 1. The molecule has 0 N–H and O–H groups in total. The zero-order valence-corrected chi connectivity index (χ0v) is 10.2. The fourth-order valence-corrected chi connectivity index (χ4v) is 1.87. The Morgan fingerprint density at radius 2 is 2.31 bits per heavy atom. The van der Waals surface area contributed by atoms with Crippen molar-refractivity contribution in [3.05, 3.63) is 32.4 Å². The Morgan fingerprint density at radius 3 is 2.92 bits per heavy atom. The fraction of sp³-hybridized carbons (Fsp3) is 0.300. The van der Waals surface area contributed by atoms with Crippen LogP contribution < -0.4 is 0 Å². The van der Waals surface area contributed by atoms with Gasteiger partial charge in [-0.15, -0.1) is 0 Å². The number of hydrogen-bond donors (Lipinski definition) is 0. The van der Waals surface area contributed by atoms with Gasteiger partial charge < -0.3 is 4.79 Å². The summed E-state index contributed by atoms with van der Waals surface area (Å²) in [5.74, 6) is 0.0620. The molecule has 0 saturated carbocycles. The second-order valence-electron chi connectivity index (χ2n) is 3.03. The highest BCUT2D eigenvalue weighted by Gasteiger charge is 2.07. The first-order valence-electron chi connectivity index (χ1n) is 4.03. The van der Waals surface area contributed by atoms with Crippen molar-refractivity contribution in [2.45, 2.75) is 13.3 Å². The molecule has 0 aliphatic rings. The van der Waals surface area contributed by atoms with Gasteiger partial charge in [-0.05, 0) is 40.6 Å². The number of hydrogen-bond acceptors (Lipinski definition) is 1. The lowest BCUT2D eigenvalue weighted by Crippen LogP contribution is -2.02. The minimum atomic E-state index is 0.0620. The molecule has 1 rings (SSSR count). The van der Waals surface area contributed by atoms with E-state index in [9.17, 15) is 4.79 Å². The summed E-state index contributed by atoms with van der Waals surface area (Å²) >= 11 is 8.15. The van der Waals surface area contributed by atoms with Crippen molar-refractivity contribution in [1.29, 1.82) is 0 Å². The molecule has 0 saturated heterocycles. The van der Waals surface area contributed by atoms with Crippen LogP contribution in [0.15, 0.2) is 18.2 Å². The first-order valence-corrected chi connectivity index (χ1v) is 5.49. The van der Waals surface area contributed by atoms with Crippen LogP contribution in [0.4, 0.5) is 0 Å². The Hall–Kier alpha value is -0.0900. The lowest BCUT2D eigenvalue weighted by Gasteiger charge is -2.07. The van der Waals surface area contributed by atoms with Gasteiger partial charge in [0.25, 0.3) is 0 Å². The summed E-state index contributed by atoms with van der Waals surface area (Å²) in [6.45, 7) is 1.91. The third-order valence-corrected chi connectivity index (χ3v) is 3.71. The molecule has 1 unspecified atom stereocenters. The summed E-state index contributed by atoms with van der Waals surface area (Å²) in [6, 6.07) is 5.78. The van der Waals surface area contributed by atoms with E-state index in [0.29, 0.717) is 0 Å². The first-order chi connectivity index (χ1) is 6.15. The zero-order chi connectivity index (χ0) is 9.84. The van der Waals surface area contributed by atoms with Gasteiger partial charge in [0.1, 0.15) is 6.29 Å². The second kappa shape index (κ2) is 4.96. The molecule has 1 aromatic carbocycles. The van der Waals surface area contributed by atoms with Crippen molar-refractivity contribution < 1.29 is 4.79 Å². The van der Waals surface area contributed by atoms with Gasteiger partial charge in [0.15, 0.2) is 0 Å². The SMILES string of the molecule is CC(C=O)Cc1cccc(Cl)c1I. The van der Waals surface area contributed by atoms with E-state index in [1.165, 1.54) is 0 Å². The van der Waals surface area contributed by atoms with Gasteiger partial charge >= 0.3 is 0 Å². The normalized spacial score (nSPS) is 12.5. The number of carbonyl (C=O) groups is 1. The third-order valence-electron chi connectivity index (χ3n) is 1.81. The number of rotatable bonds is 3. The molecule has 0 aromatic heterocycles. The molecule has 1 nitrogen and oxygen atoms in total. The van der Waals surface area contributed by atoms with Crippen LogP contribution in [0.3, 0.4) is 0 Å². The van der Waals surface area contributed by atoms with Crippen molar-refractivity contribution in [3.8, 4) is 0 Å². The number of carbonyl (C=O) groups excluding carboxylic acids is 1. The molecule has 3 heteroatoms. The monoisotopic (exact) mass is 308 g/mol. The lowest BCUT2D eigenvalue weighted by atomic mass is 10.0. The van der Waals surface area contributed by atoms with Crippen LogP contribution in [0.1, 0.15) is 12.5 Å². The minimum Gasteiger partial charge on any atom is -0.303 e. The maximum absolute atomic E-state index is 10.5. The maximum Gasteiger partial charge on any atom is 0.123 e. The summed E-state index contributed by atoms with van der Waals surface area (Å²) < 4.78 is 1.05. The Bertz CT molecular complexity index is 312. The van der Waals surface area contributed by atoms with Crippen LogP contribution >= 0.6 is 34.2 Å². The van der Waals surface area contributed by atoms with Gasteiger partial charge in [0.2, 0.25) is 0 Å². The van der Waals surface area contributed by atoms with Gasteiger partial charge in [-0.25, -0.2) is 0 Å². The van der Waals surface area contributed by atoms with E-state index in [0.717, 1.165) is 26.9 Å². The molecule has 0 amide bonds. The topological polar surface area (TPSA) is 17.1 Å². The van der Waals surface area contributed by atoms with Crippen molar-refractivity contribution in [3.63, 3.8) is 0 Å². The summed E-state index contributed by atoms with van der Waals surface area (Å²) in [4.78, 5) is 10.5. The number of halogens is 2. The minimum absolute atomic E-state index is 0.0620. The van der Waals surface area contributed by atoms with Gasteiger partial charge in [0.05, 0.1) is 5.02 Å². The van der Waals surface area contributed by atoms with Crippen LogP contribution in [0.25, 0.3) is 0 Å². The zero-order valence-electron chi connectivity index (χ0n) is 7.26. The van der Waals surface area contributed by atoms with Gasteiger partial charge in [-0.2, -0.15) is 0 Å². The molecule has 0 aliphatic carbocycles. The molecule has 13 heavy (non-hydrogen) atoms. The largest absolute Gasteiger partial charge is 0.303 e. The summed E-state index contributed by atoms with van der Waals surface area (Å²) in [5, 5.41) is 0.760. The first kappa shape index (κ1) is 11.0. The van der Waals surface area contributed by atoms with E-state index in [2.05, 4.69) is 22.6 Å². The molecular weight excluding hydrogens is 298 g/mol. The van der Waals surface area contributed by atoms with Crippen molar-refractivity contribution >= 4 is 40.5 Å². The molecule has 0 radical (unpaired) electrons. The Labute approximate surface area is 96.6 Å². The van der Waals surface area contributed by atoms with E-state index in [1.807, 2.05) is 25.1 Å². The second-order valence-corrected chi connectivity index (χ2v) is 4.52. The Kier molecular flexibility index (Phi) is 4.19. The van der Waals surface area contributed by atoms with Crippen LogP contribution in [0.5, 0.6) is 0 Å². The van der Waals surface area contributed by atoms with Gasteiger partial charge in [0, 0.05) is 9.49 Å². The Morgan fingerprint density at radius 1 is 1.62 bits per heavy atom. The van der Waals surface area contributed by atoms with Crippen LogP contribution in [-0.2, 0) is 11.2 Å². The van der Waals surface area contributed by atoms with E-state index < -0.39 is 0 Å². The fourth-order valence-electron chi connectivity index (χ4n) is 1.10. The summed E-state index contributed by atoms with van der Waals surface area (Å²) in [5.41, 5.74) is 1.15. The molecule has 0 bridgehead atoms. The molecule has 70 valence electrons. The van der Waals surface area contributed by atoms with E-state index >= 15 is 0 Å². The molecular formula is C10H10ClIO. The van der Waals surface area contributed by atoms with E-state index in [-0.39, 0.29) is 5.92 Å². The average molecular weight is 309 g/mol. The van der Waals surface area contributed by atoms with Crippen molar-refractivity contribution in [2.75, 3.05) is 0 Å². The third kappa shape index (κ3) is 2.95. The molecule has 0 fully saturated rings. The Balaban J connectivity index is 2.88. The van der Waals surface area contributed by atoms with E-state index in [1.54, 1.807) is 0 Å². The molecule has 0 heterocycles. The van der Waals surface area contributed by atoms with Crippen LogP contribution in [0.2, 0.25) is 5.02 Å². The quantitative estimate of drug-likeness (QED) is 0.618. The van der Waals surface area contributed by atoms with Gasteiger partial charge in [-0.3, -0.25) is 0 Å². The highest BCUT2D eigenvalue weighted by molar-refractivity contribution is 14.1. The van der Waals surface area contributed by atoms with Crippen LogP contribution in [0, 0.1) is 9.49 Å². The molecule has 1 aromatic rings. The number of benzene rings is 1. The van der Waals surface area contributed by atoms with Crippen LogP contribution in [-0.4, -0.2) is 6.29 Å². The highest BCUT2D eigenvalue weighted by atomic mass is 127. The maximum atomic E-state index is 10.5. The summed E-state index contributed by atoms with van der Waals surface area (Å²) in [6.07, 6.45) is 1.74. The predicted molar refractivity (Wildman–Crippen MR) is 63.1 cm³/mol. The van der Waals surface area contributed by atoms with Gasteiger partial charge in [-0.1, -0.05) is 30.7 Å². The molecule has 0 spiro atoms. The van der Waals surface area contributed by atoms with Crippen molar-refractivity contribution in [1.82, 2.24) is 0 Å². The predicted octanol–water partition coefficient (Wildman–Crippen LogP) is 3.32. The lowest BCUT2D eigenvalue weighted by molar-refractivity contribution is -0.110. The average Bonchev–Trinajstić information content (AvgIpc) is 2.13. The highest BCUT2D eigenvalue weighted by Crippen LogP contribution is 2.23. The van der Waals surface area contributed by atoms with Crippen molar-refractivity contribution in [2.24, 2.45) is 5.92 Å². The molecule has 1 atom stereocenters.